The SMILES string of the molecule is OC[C@H]1CN(c2nc(O)c(C(Cc3ccc(C(F)(F)F)cc3C(F)(F)F)=c3ccc4c(c3)C=NN=4)s2)CCN1. The van der Waals surface area contributed by atoms with Crippen LogP contribution in [0.1, 0.15) is 27.1 Å². The van der Waals surface area contributed by atoms with Crippen LogP contribution in [0.2, 0.25) is 0 Å². The molecule has 0 unspecified atom stereocenters. The number of aliphatic hydroxyl groups is 1. The first-order valence-corrected chi connectivity index (χ1v) is 12.6. The van der Waals surface area contributed by atoms with Gasteiger partial charge in [0.15, 0.2) is 5.13 Å². The minimum Gasteiger partial charge on any atom is -0.492 e. The molecular weight excluding hydrogens is 548 g/mol. The Bertz CT molecular complexity index is 1550. The molecule has 0 spiro atoms. The number of hydrogen-bond acceptors (Lipinski definition) is 8. The van der Waals surface area contributed by atoms with Crippen LogP contribution in [0.3, 0.4) is 0 Å². The number of rotatable bonds is 5. The lowest BCUT2D eigenvalue weighted by Gasteiger charge is -2.32. The normalized spacial score (nSPS) is 18.2. The monoisotopic (exact) mass is 569 g/mol. The lowest BCUT2D eigenvalue weighted by Crippen LogP contribution is -2.52. The number of anilines is 1. The summed E-state index contributed by atoms with van der Waals surface area (Å²) < 4.78 is 81.6. The molecule has 7 nitrogen and oxygen atoms in total. The molecule has 5 rings (SSSR count). The van der Waals surface area contributed by atoms with Crippen molar-refractivity contribution >= 4 is 28.3 Å². The quantitative estimate of drug-likeness (QED) is 0.411. The molecule has 1 atom stereocenters. The van der Waals surface area contributed by atoms with Gasteiger partial charge < -0.3 is 20.4 Å². The number of aromatic hydroxyl groups is 1. The van der Waals surface area contributed by atoms with Crippen molar-refractivity contribution in [3.8, 4) is 5.88 Å². The molecule has 3 aromatic rings. The summed E-state index contributed by atoms with van der Waals surface area (Å²) in [7, 11) is 0. The summed E-state index contributed by atoms with van der Waals surface area (Å²) in [5, 5.41) is 32.7. The first kappa shape index (κ1) is 27.1. The van der Waals surface area contributed by atoms with E-state index in [-0.39, 0.29) is 34.7 Å². The third-order valence-electron chi connectivity index (χ3n) is 6.47. The van der Waals surface area contributed by atoms with Gasteiger partial charge in [0.2, 0.25) is 5.88 Å². The fraction of sp³-hybridized carbons (Fsp3) is 0.320. The zero-order chi connectivity index (χ0) is 27.9. The van der Waals surface area contributed by atoms with Gasteiger partial charge in [-0.2, -0.15) is 41.5 Å². The number of thiazole rings is 1. The van der Waals surface area contributed by atoms with Gasteiger partial charge in [-0.05, 0) is 40.6 Å². The molecule has 0 saturated carbocycles. The van der Waals surface area contributed by atoms with Gasteiger partial charge >= 0.3 is 12.4 Å². The van der Waals surface area contributed by atoms with Crippen molar-refractivity contribution in [1.82, 2.24) is 10.3 Å². The highest BCUT2D eigenvalue weighted by Crippen LogP contribution is 2.41. The van der Waals surface area contributed by atoms with E-state index in [2.05, 4.69) is 20.5 Å². The summed E-state index contributed by atoms with van der Waals surface area (Å²) in [6.45, 7) is 1.35. The average Bonchev–Trinajstić information content (AvgIpc) is 3.52. The molecule has 0 radical (unpaired) electrons. The Labute approximate surface area is 221 Å². The Morgan fingerprint density at radius 2 is 1.87 bits per heavy atom. The molecule has 0 amide bonds. The summed E-state index contributed by atoms with van der Waals surface area (Å²) in [5.41, 5.74) is -2.36. The second-order valence-electron chi connectivity index (χ2n) is 9.07. The minimum atomic E-state index is -5.05. The van der Waals surface area contributed by atoms with Crippen molar-refractivity contribution < 1.29 is 36.6 Å². The molecule has 0 aliphatic carbocycles. The van der Waals surface area contributed by atoms with Crippen LogP contribution in [-0.4, -0.2) is 53.7 Å². The summed E-state index contributed by atoms with van der Waals surface area (Å²) in [4.78, 5) is 6.26. The topological polar surface area (TPSA) is 93.3 Å². The second kappa shape index (κ2) is 10.2. The van der Waals surface area contributed by atoms with Crippen LogP contribution in [0.15, 0.2) is 46.6 Å². The maximum atomic E-state index is 13.9. The van der Waals surface area contributed by atoms with Gasteiger partial charge in [-0.15, -0.1) is 0 Å². The van der Waals surface area contributed by atoms with E-state index in [1.807, 2.05) is 4.90 Å². The Morgan fingerprint density at radius 1 is 1.08 bits per heavy atom. The standard InChI is InChI=1S/C25H21F6N5O2S/c26-24(27,28)16-3-1-14(19(9-16)25(29,30)31)8-18(13-2-4-20-15(7-13)10-33-35-20)21-22(38)34-23(39-21)36-6-5-32-17(11-36)12-37/h1-4,7,9-10,17,32,37-38H,5-6,8,11-12H2/t17-/m1/s1. The Kier molecular flexibility index (Phi) is 7.11. The molecule has 14 heteroatoms. The molecule has 2 aliphatic rings. The number of nitrogens with zero attached hydrogens (tertiary/aromatic N) is 4. The van der Waals surface area contributed by atoms with E-state index in [0.29, 0.717) is 47.0 Å². The number of halogens is 6. The zero-order valence-corrected chi connectivity index (χ0v) is 20.8. The lowest BCUT2D eigenvalue weighted by molar-refractivity contribution is -0.143. The van der Waals surface area contributed by atoms with Crippen molar-refractivity contribution in [2.24, 2.45) is 10.2 Å². The molecule has 206 valence electrons. The van der Waals surface area contributed by atoms with E-state index in [1.165, 1.54) is 6.21 Å². The fourth-order valence-electron chi connectivity index (χ4n) is 4.52. The maximum Gasteiger partial charge on any atom is 0.416 e. The van der Waals surface area contributed by atoms with E-state index in [9.17, 15) is 36.6 Å². The summed E-state index contributed by atoms with van der Waals surface area (Å²) in [5.74, 6) is -0.414. The van der Waals surface area contributed by atoms with Gasteiger partial charge in [0.1, 0.15) is 0 Å². The van der Waals surface area contributed by atoms with Crippen LogP contribution in [0, 0.1) is 0 Å². The molecule has 39 heavy (non-hydrogen) atoms. The molecule has 0 bridgehead atoms. The van der Waals surface area contributed by atoms with E-state index >= 15 is 0 Å². The molecular formula is C25H21F6N5O2S. The summed E-state index contributed by atoms with van der Waals surface area (Å²) in [6.07, 6.45) is -8.96. The number of piperazine rings is 1. The van der Waals surface area contributed by atoms with Crippen molar-refractivity contribution in [2.75, 3.05) is 31.1 Å². The second-order valence-corrected chi connectivity index (χ2v) is 10.0. The van der Waals surface area contributed by atoms with Gasteiger partial charge in [0.05, 0.1) is 34.2 Å². The highest BCUT2D eigenvalue weighted by molar-refractivity contribution is 7.17. The highest BCUT2D eigenvalue weighted by Gasteiger charge is 2.38. The predicted octanol–water partition coefficient (Wildman–Crippen LogP) is 3.07. The number of alkyl halides is 6. The predicted molar refractivity (Wildman–Crippen MR) is 132 cm³/mol. The van der Waals surface area contributed by atoms with E-state index in [1.54, 1.807) is 18.2 Å². The summed E-state index contributed by atoms with van der Waals surface area (Å²) in [6, 6.07) is 6.19. The van der Waals surface area contributed by atoms with Crippen LogP contribution in [0.25, 0.3) is 5.57 Å². The lowest BCUT2D eigenvalue weighted by atomic mass is 9.94. The van der Waals surface area contributed by atoms with Crippen molar-refractivity contribution in [2.45, 2.75) is 24.8 Å². The molecule has 2 aliphatic heterocycles. The first-order valence-electron chi connectivity index (χ1n) is 11.7. The fourth-order valence-corrected chi connectivity index (χ4v) is 5.58. The van der Waals surface area contributed by atoms with E-state index in [0.717, 1.165) is 17.4 Å². The van der Waals surface area contributed by atoms with Crippen LogP contribution in [0.5, 0.6) is 5.88 Å². The van der Waals surface area contributed by atoms with Crippen LogP contribution in [-0.2, 0) is 18.8 Å². The molecule has 1 fully saturated rings. The molecule has 2 aromatic carbocycles. The van der Waals surface area contributed by atoms with Crippen LogP contribution >= 0.6 is 11.3 Å². The Morgan fingerprint density at radius 3 is 2.59 bits per heavy atom. The molecule has 3 heterocycles. The van der Waals surface area contributed by atoms with Gasteiger partial charge in [-0.3, -0.25) is 0 Å². The third kappa shape index (κ3) is 5.63. The number of benzene rings is 2. The smallest absolute Gasteiger partial charge is 0.416 e. The van der Waals surface area contributed by atoms with Crippen LogP contribution < -0.4 is 20.8 Å². The maximum absolute atomic E-state index is 13.9. The van der Waals surface area contributed by atoms with Gasteiger partial charge in [0, 0.05) is 37.7 Å². The number of nitrogens with one attached hydrogen (secondary N) is 1. The van der Waals surface area contributed by atoms with Crippen LogP contribution in [0.4, 0.5) is 31.5 Å². The largest absolute Gasteiger partial charge is 0.492 e. The number of fused-ring (bicyclic) bond motifs is 1. The molecule has 1 aromatic heterocycles. The van der Waals surface area contributed by atoms with Gasteiger partial charge in [-0.1, -0.05) is 23.5 Å². The number of aliphatic hydroxyl groups excluding tert-OH is 1. The van der Waals surface area contributed by atoms with Gasteiger partial charge in [-0.25, -0.2) is 0 Å². The number of hydrogen-bond donors (Lipinski definition) is 3. The number of aromatic nitrogens is 1. The Balaban J connectivity index is 1.65. The molecule has 3 N–H and O–H groups in total. The average molecular weight is 570 g/mol. The summed E-state index contributed by atoms with van der Waals surface area (Å²) >= 11 is 1.05. The third-order valence-corrected chi connectivity index (χ3v) is 7.63. The van der Waals surface area contributed by atoms with Crippen molar-refractivity contribution in [1.29, 1.82) is 0 Å². The highest BCUT2D eigenvalue weighted by atomic mass is 32.1. The van der Waals surface area contributed by atoms with E-state index < -0.39 is 35.8 Å². The van der Waals surface area contributed by atoms with Gasteiger partial charge in [0.25, 0.3) is 0 Å². The van der Waals surface area contributed by atoms with Crippen molar-refractivity contribution in [3.05, 3.63) is 74.1 Å². The zero-order valence-electron chi connectivity index (χ0n) is 20.0. The van der Waals surface area contributed by atoms with E-state index in [4.69, 9.17) is 0 Å². The molecule has 1 saturated heterocycles. The Hall–Kier alpha value is -3.49. The first-order chi connectivity index (χ1) is 18.4. The van der Waals surface area contributed by atoms with Crippen molar-refractivity contribution in [3.63, 3.8) is 0 Å². The minimum absolute atomic E-state index is 0.106.